The van der Waals surface area contributed by atoms with Crippen molar-refractivity contribution in [1.82, 2.24) is 4.90 Å². The van der Waals surface area contributed by atoms with Crippen molar-refractivity contribution in [3.8, 4) is 0 Å². The second-order valence-electron chi connectivity index (χ2n) is 6.25. The van der Waals surface area contributed by atoms with Gasteiger partial charge in [0.15, 0.2) is 5.60 Å². The minimum atomic E-state index is -1.82. The number of nitro benzene ring substituents is 1. The highest BCUT2D eigenvalue weighted by atomic mass is 16.6. The van der Waals surface area contributed by atoms with Crippen LogP contribution in [0.2, 0.25) is 0 Å². The molecule has 1 fully saturated rings. The van der Waals surface area contributed by atoms with E-state index in [-0.39, 0.29) is 43.1 Å². The van der Waals surface area contributed by atoms with E-state index in [0.717, 1.165) is 0 Å². The first-order valence-corrected chi connectivity index (χ1v) is 7.58. The number of hydrogen-bond donors (Lipinski definition) is 2. The van der Waals surface area contributed by atoms with Crippen molar-refractivity contribution < 1.29 is 24.7 Å². The van der Waals surface area contributed by atoms with Gasteiger partial charge in [0.05, 0.1) is 10.5 Å². The average Bonchev–Trinajstić information content (AvgIpc) is 2.46. The number of piperidine rings is 1. The van der Waals surface area contributed by atoms with E-state index in [9.17, 15) is 24.8 Å². The molecule has 1 aliphatic heterocycles. The van der Waals surface area contributed by atoms with Crippen LogP contribution in [0.4, 0.5) is 5.69 Å². The summed E-state index contributed by atoms with van der Waals surface area (Å²) >= 11 is 0. The number of carboxylic acids is 1. The van der Waals surface area contributed by atoms with E-state index < -0.39 is 16.5 Å². The number of hydrogen-bond acceptors (Lipinski definition) is 5. The molecule has 1 saturated heterocycles. The first-order valence-electron chi connectivity index (χ1n) is 7.58. The monoisotopic (exact) mass is 336 g/mol. The molecule has 2 rings (SSSR count). The fraction of sp³-hybridized carbons (Fsp3) is 0.500. The van der Waals surface area contributed by atoms with Crippen LogP contribution in [0.25, 0.3) is 0 Å². The van der Waals surface area contributed by atoms with Crippen molar-refractivity contribution in [2.75, 3.05) is 13.1 Å². The van der Waals surface area contributed by atoms with Crippen molar-refractivity contribution in [3.05, 3.63) is 38.4 Å². The maximum Gasteiger partial charge on any atom is 0.335 e. The average molecular weight is 336 g/mol. The van der Waals surface area contributed by atoms with E-state index in [1.54, 1.807) is 26.8 Å². The maximum absolute atomic E-state index is 12.8. The molecule has 1 aliphatic rings. The van der Waals surface area contributed by atoms with Gasteiger partial charge in [-0.05, 0) is 32.4 Å². The third-order valence-corrected chi connectivity index (χ3v) is 4.60. The van der Waals surface area contributed by atoms with E-state index >= 15 is 0 Å². The number of carbonyl (C=O) groups excluding carboxylic acids is 1. The fourth-order valence-electron chi connectivity index (χ4n) is 3.24. The van der Waals surface area contributed by atoms with E-state index in [2.05, 4.69) is 0 Å². The Balaban J connectivity index is 2.34. The van der Waals surface area contributed by atoms with Crippen molar-refractivity contribution in [3.63, 3.8) is 0 Å². The number of likely N-dealkylation sites (tertiary alicyclic amines) is 1. The van der Waals surface area contributed by atoms with Crippen LogP contribution < -0.4 is 0 Å². The lowest BCUT2D eigenvalue weighted by molar-refractivity contribution is -0.386. The molecule has 1 heterocycles. The minimum Gasteiger partial charge on any atom is -0.479 e. The van der Waals surface area contributed by atoms with Crippen LogP contribution in [-0.4, -0.2) is 50.6 Å². The summed E-state index contributed by atoms with van der Waals surface area (Å²) in [5, 5.41) is 30.2. The van der Waals surface area contributed by atoms with Gasteiger partial charge in [0.1, 0.15) is 0 Å². The van der Waals surface area contributed by atoms with Crippen LogP contribution in [0.5, 0.6) is 0 Å². The number of aliphatic hydroxyl groups is 1. The number of aliphatic carboxylic acids is 1. The van der Waals surface area contributed by atoms with Crippen LogP contribution >= 0.6 is 0 Å². The molecular weight excluding hydrogens is 316 g/mol. The first kappa shape index (κ1) is 17.9. The maximum atomic E-state index is 12.8. The van der Waals surface area contributed by atoms with Gasteiger partial charge in [-0.2, -0.15) is 0 Å². The third kappa shape index (κ3) is 2.96. The molecule has 1 aromatic carbocycles. The second-order valence-corrected chi connectivity index (χ2v) is 6.25. The van der Waals surface area contributed by atoms with Gasteiger partial charge in [0.2, 0.25) is 0 Å². The summed E-state index contributed by atoms with van der Waals surface area (Å²) < 4.78 is 0. The van der Waals surface area contributed by atoms with E-state index in [1.165, 1.54) is 4.90 Å². The zero-order valence-corrected chi connectivity index (χ0v) is 13.8. The number of rotatable bonds is 3. The van der Waals surface area contributed by atoms with Gasteiger partial charge in [0.25, 0.3) is 11.6 Å². The molecule has 0 aromatic heterocycles. The van der Waals surface area contributed by atoms with E-state index in [1.807, 2.05) is 0 Å². The molecule has 8 nitrogen and oxygen atoms in total. The summed E-state index contributed by atoms with van der Waals surface area (Å²) in [5.41, 5.74) is -0.192. The molecule has 0 saturated carbocycles. The van der Waals surface area contributed by atoms with Crippen LogP contribution in [0.15, 0.2) is 6.07 Å². The van der Waals surface area contributed by atoms with Crippen LogP contribution in [-0.2, 0) is 4.79 Å². The first-order chi connectivity index (χ1) is 11.1. The van der Waals surface area contributed by atoms with Crippen LogP contribution in [0.3, 0.4) is 0 Å². The molecule has 2 N–H and O–H groups in total. The fourth-order valence-corrected chi connectivity index (χ4v) is 3.24. The van der Waals surface area contributed by atoms with E-state index in [0.29, 0.717) is 16.7 Å². The Morgan fingerprint density at radius 2 is 1.75 bits per heavy atom. The number of nitro groups is 1. The molecule has 0 spiro atoms. The lowest BCUT2D eigenvalue weighted by atomic mass is 9.90. The Morgan fingerprint density at radius 3 is 2.21 bits per heavy atom. The van der Waals surface area contributed by atoms with Gasteiger partial charge < -0.3 is 15.1 Å². The quantitative estimate of drug-likeness (QED) is 0.638. The predicted octanol–water partition coefficient (Wildman–Crippen LogP) is 1.57. The largest absolute Gasteiger partial charge is 0.479 e. The zero-order chi connectivity index (χ0) is 18.2. The summed E-state index contributed by atoms with van der Waals surface area (Å²) in [6.07, 6.45) is -0.139. The molecule has 0 atom stereocenters. The highest BCUT2D eigenvalue weighted by Crippen LogP contribution is 2.31. The van der Waals surface area contributed by atoms with Gasteiger partial charge in [-0.15, -0.1) is 0 Å². The molecule has 130 valence electrons. The molecule has 0 aliphatic carbocycles. The molecule has 0 radical (unpaired) electrons. The number of carbonyl (C=O) groups is 2. The Kier molecular flexibility index (Phi) is 4.61. The number of benzene rings is 1. The van der Waals surface area contributed by atoms with E-state index in [4.69, 9.17) is 5.11 Å². The summed E-state index contributed by atoms with van der Waals surface area (Å²) in [7, 11) is 0. The summed E-state index contributed by atoms with van der Waals surface area (Å²) in [4.78, 5) is 36.0. The van der Waals surface area contributed by atoms with Crippen molar-refractivity contribution in [2.24, 2.45) is 0 Å². The van der Waals surface area contributed by atoms with Crippen molar-refractivity contribution >= 4 is 17.6 Å². The van der Waals surface area contributed by atoms with Crippen LogP contribution in [0.1, 0.15) is 39.9 Å². The summed E-state index contributed by atoms with van der Waals surface area (Å²) in [6.45, 7) is 5.06. The SMILES string of the molecule is Cc1cc(C)c([N+](=O)[O-])c(C)c1C(=O)N1CCC(O)(C(=O)O)CC1. The summed E-state index contributed by atoms with van der Waals surface area (Å²) in [5.74, 6) is -1.67. The highest BCUT2D eigenvalue weighted by molar-refractivity contribution is 5.98. The molecule has 8 heteroatoms. The number of carboxylic acid groups (broad SMARTS) is 1. The lowest BCUT2D eigenvalue weighted by Gasteiger charge is -2.35. The molecule has 1 amide bonds. The number of aryl methyl sites for hydroxylation is 2. The van der Waals surface area contributed by atoms with Crippen molar-refractivity contribution in [2.45, 2.75) is 39.2 Å². The Morgan fingerprint density at radius 1 is 1.21 bits per heavy atom. The molecule has 1 aromatic rings. The normalized spacial score (nSPS) is 16.8. The number of amides is 1. The zero-order valence-electron chi connectivity index (χ0n) is 13.8. The second kappa shape index (κ2) is 6.20. The third-order valence-electron chi connectivity index (χ3n) is 4.60. The Labute approximate surface area is 138 Å². The molecule has 24 heavy (non-hydrogen) atoms. The van der Waals surface area contributed by atoms with Crippen LogP contribution in [0, 0.1) is 30.9 Å². The standard InChI is InChI=1S/C16H20N2O6/c1-9-8-10(2)13(18(23)24)11(3)12(9)14(19)17-6-4-16(22,5-7-17)15(20)21/h8,22H,4-7H2,1-3H3,(H,20,21). The molecule has 0 bridgehead atoms. The highest BCUT2D eigenvalue weighted by Gasteiger charge is 2.41. The van der Waals surface area contributed by atoms with Crippen molar-refractivity contribution in [1.29, 1.82) is 0 Å². The predicted molar refractivity (Wildman–Crippen MR) is 85.0 cm³/mol. The molecule has 0 unspecified atom stereocenters. The Bertz CT molecular complexity index is 720. The van der Waals surface area contributed by atoms with Gasteiger partial charge in [-0.25, -0.2) is 4.79 Å². The van der Waals surface area contributed by atoms with Gasteiger partial charge in [0, 0.05) is 37.1 Å². The van der Waals surface area contributed by atoms with Gasteiger partial charge in [-0.3, -0.25) is 14.9 Å². The topological polar surface area (TPSA) is 121 Å². The number of nitrogens with zero attached hydrogens (tertiary/aromatic N) is 2. The lowest BCUT2D eigenvalue weighted by Crippen LogP contribution is -2.51. The van der Waals surface area contributed by atoms with Gasteiger partial charge in [-0.1, -0.05) is 0 Å². The Hall–Kier alpha value is -2.48. The van der Waals surface area contributed by atoms with Gasteiger partial charge >= 0.3 is 5.97 Å². The summed E-state index contributed by atoms with van der Waals surface area (Å²) in [6, 6.07) is 1.61. The minimum absolute atomic E-state index is 0.0693. The molecular formula is C16H20N2O6. The smallest absolute Gasteiger partial charge is 0.335 e.